The van der Waals surface area contributed by atoms with E-state index in [9.17, 15) is 8.42 Å². The maximum atomic E-state index is 10.4. The van der Waals surface area contributed by atoms with Crippen LogP contribution in [-0.4, -0.2) is 22.6 Å². The molecule has 0 N–H and O–H groups in total. The van der Waals surface area contributed by atoms with Gasteiger partial charge in [-0.15, -0.1) is 0 Å². The Morgan fingerprint density at radius 2 is 1.89 bits per heavy atom. The second-order valence-electron chi connectivity index (χ2n) is 1.17. The van der Waals surface area contributed by atoms with Crippen molar-refractivity contribution in [3.63, 3.8) is 0 Å². The molecule has 0 aliphatic rings. The van der Waals surface area contributed by atoms with Gasteiger partial charge in [0, 0.05) is 0 Å². The number of hydrogen-bond donors (Lipinski definition) is 0. The van der Waals surface area contributed by atoms with Crippen LogP contribution in [0.3, 0.4) is 0 Å². The van der Waals surface area contributed by atoms with Crippen LogP contribution >= 0.6 is 0 Å². The first kappa shape index (κ1) is 8.45. The van der Waals surface area contributed by atoms with Crippen LogP contribution in [0, 0.1) is 0 Å². The van der Waals surface area contributed by atoms with E-state index in [-0.39, 0.29) is 0 Å². The summed E-state index contributed by atoms with van der Waals surface area (Å²) in [5.41, 5.74) is 0. The van der Waals surface area contributed by atoms with E-state index in [1.165, 1.54) is 7.11 Å². The fraction of sp³-hybridized carbons (Fsp3) is 0.500. The topological polar surface area (TPSA) is 52.6 Å². The summed E-state index contributed by atoms with van der Waals surface area (Å²) in [5.74, 6) is 0. The second-order valence-corrected chi connectivity index (χ2v) is 2.76. The number of methoxy groups -OCH3 is 1. The maximum Gasteiger partial charge on any atom is 0.292 e. The molecule has 0 fully saturated rings. The molecule has 0 aromatic heterocycles. The lowest BCUT2D eigenvalue weighted by molar-refractivity contribution is 0.337. The van der Waals surface area contributed by atoms with Gasteiger partial charge in [-0.25, -0.2) is 0 Å². The highest BCUT2D eigenvalue weighted by Crippen LogP contribution is 1.90. The Bertz CT molecular complexity index is 179. The van der Waals surface area contributed by atoms with E-state index < -0.39 is 10.1 Å². The van der Waals surface area contributed by atoms with Crippen LogP contribution in [0.15, 0.2) is 11.7 Å². The van der Waals surface area contributed by atoms with Gasteiger partial charge in [0.15, 0.2) is 0 Å². The molecule has 0 bridgehead atoms. The molecule has 0 atom stereocenters. The Balaban J connectivity index is 4.04. The number of hydrogen-bond acceptors (Lipinski definition) is 4. The molecule has 0 heterocycles. The van der Waals surface area contributed by atoms with Crippen molar-refractivity contribution in [3.8, 4) is 0 Å². The zero-order chi connectivity index (χ0) is 7.33. The monoisotopic (exact) mass is 152 g/mol. The Morgan fingerprint density at radius 1 is 1.33 bits per heavy atom. The van der Waals surface area contributed by atoms with Gasteiger partial charge >= 0.3 is 0 Å². The molecule has 0 radical (unpaired) electrons. The maximum absolute atomic E-state index is 10.4. The van der Waals surface area contributed by atoms with E-state index in [4.69, 9.17) is 0 Å². The fourth-order valence-corrected chi connectivity index (χ4v) is 0.537. The zero-order valence-electron chi connectivity index (χ0n) is 5.20. The Hall–Kier alpha value is -0.550. The molecule has 0 amide bonds. The summed E-state index contributed by atoms with van der Waals surface area (Å²) in [5, 5.41) is 0.826. The largest absolute Gasteiger partial charge is 0.504 e. The molecule has 0 aromatic carbocycles. The van der Waals surface area contributed by atoms with Crippen molar-refractivity contribution in [1.29, 1.82) is 0 Å². The van der Waals surface area contributed by atoms with E-state index in [1.54, 1.807) is 0 Å². The molecule has 9 heavy (non-hydrogen) atoms. The molecule has 0 rings (SSSR count). The van der Waals surface area contributed by atoms with E-state index >= 15 is 0 Å². The predicted octanol–water partition coefficient (Wildman–Crippen LogP) is 0.0802. The summed E-state index contributed by atoms with van der Waals surface area (Å²) in [6.45, 7) is 0. The predicted molar refractivity (Wildman–Crippen MR) is 32.1 cm³/mol. The molecule has 5 heteroatoms. The van der Waals surface area contributed by atoms with Crippen molar-refractivity contribution in [2.24, 2.45) is 0 Å². The second kappa shape index (κ2) is 3.47. The van der Waals surface area contributed by atoms with E-state index in [0.717, 1.165) is 18.8 Å². The van der Waals surface area contributed by atoms with Crippen molar-refractivity contribution < 1.29 is 17.3 Å². The molecule has 0 aliphatic heterocycles. The average molecular weight is 152 g/mol. The van der Waals surface area contributed by atoms with Crippen LogP contribution in [0.5, 0.6) is 0 Å². The van der Waals surface area contributed by atoms with Crippen molar-refractivity contribution >= 4 is 10.1 Å². The van der Waals surface area contributed by atoms with E-state index in [1.807, 2.05) is 0 Å². The van der Waals surface area contributed by atoms with Gasteiger partial charge in [-0.2, -0.15) is 8.42 Å². The number of ether oxygens (including phenoxy) is 1. The normalized spacial score (nSPS) is 12.2. The van der Waals surface area contributed by atoms with Crippen LogP contribution in [0.1, 0.15) is 0 Å². The third-order valence-corrected chi connectivity index (χ3v) is 1.50. The Morgan fingerprint density at radius 3 is 2.22 bits per heavy atom. The summed E-state index contributed by atoms with van der Waals surface area (Å²) in [6.07, 6.45) is 1.03. The average Bonchev–Trinajstić information content (AvgIpc) is 1.84. The highest BCUT2D eigenvalue weighted by Gasteiger charge is 1.99. The van der Waals surface area contributed by atoms with Crippen LogP contribution in [0.25, 0.3) is 0 Å². The highest BCUT2D eigenvalue weighted by atomic mass is 32.2. The molecule has 54 valence electrons. The van der Waals surface area contributed by atoms with Crippen LogP contribution in [0.2, 0.25) is 0 Å². The highest BCUT2D eigenvalue weighted by molar-refractivity contribution is 7.89. The molecule has 0 unspecified atom stereocenters. The van der Waals surface area contributed by atoms with Gasteiger partial charge in [-0.1, -0.05) is 0 Å². The molecule has 0 spiro atoms. The summed E-state index contributed by atoms with van der Waals surface area (Å²) in [4.78, 5) is 0. The van der Waals surface area contributed by atoms with Crippen molar-refractivity contribution in [1.82, 2.24) is 0 Å². The number of rotatable bonds is 3. The first-order valence-corrected chi connectivity index (χ1v) is 3.59. The summed E-state index contributed by atoms with van der Waals surface area (Å²) in [6, 6.07) is 0. The molecule has 0 saturated carbocycles. The van der Waals surface area contributed by atoms with Gasteiger partial charge in [-0.3, -0.25) is 4.18 Å². The van der Waals surface area contributed by atoms with E-state index in [2.05, 4.69) is 8.92 Å². The molecule has 0 aromatic rings. The zero-order valence-corrected chi connectivity index (χ0v) is 6.01. The minimum Gasteiger partial charge on any atom is -0.504 e. The third-order valence-electron chi connectivity index (χ3n) is 0.591. The molecule has 0 saturated heterocycles. The van der Waals surface area contributed by atoms with Gasteiger partial charge in [0.25, 0.3) is 10.1 Å². The van der Waals surface area contributed by atoms with Crippen LogP contribution < -0.4 is 0 Å². The lowest BCUT2D eigenvalue weighted by Gasteiger charge is -1.90. The quantitative estimate of drug-likeness (QED) is 0.424. The molecule has 0 aliphatic carbocycles. The van der Waals surface area contributed by atoms with Gasteiger partial charge in [0.05, 0.1) is 25.9 Å². The van der Waals surface area contributed by atoms with Gasteiger partial charge in [-0.05, 0) is 0 Å². The first-order chi connectivity index (χ1) is 4.12. The minimum absolute atomic E-state index is 0.826. The Labute approximate surface area is 54.2 Å². The first-order valence-electron chi connectivity index (χ1n) is 2.12. The smallest absolute Gasteiger partial charge is 0.292 e. The third kappa shape index (κ3) is 3.99. The summed E-state index contributed by atoms with van der Waals surface area (Å²) < 4.78 is 29.1. The Kier molecular flexibility index (Phi) is 3.26. The van der Waals surface area contributed by atoms with Crippen LogP contribution in [0.4, 0.5) is 0 Å². The SMILES string of the molecule is CO/C=C/S(=O)(=O)OC. The molecular formula is C4H8O4S. The van der Waals surface area contributed by atoms with Crippen molar-refractivity contribution in [3.05, 3.63) is 11.7 Å². The minimum atomic E-state index is -3.49. The lowest BCUT2D eigenvalue weighted by atomic mass is 11.1. The van der Waals surface area contributed by atoms with Crippen molar-refractivity contribution in [2.75, 3.05) is 14.2 Å². The van der Waals surface area contributed by atoms with E-state index in [0.29, 0.717) is 0 Å². The van der Waals surface area contributed by atoms with Crippen LogP contribution in [-0.2, 0) is 19.0 Å². The lowest BCUT2D eigenvalue weighted by Crippen LogP contribution is -1.95. The van der Waals surface area contributed by atoms with Gasteiger partial charge in [0.2, 0.25) is 0 Å². The fourth-order valence-electron chi connectivity index (χ4n) is 0.179. The molecular weight excluding hydrogens is 144 g/mol. The van der Waals surface area contributed by atoms with Gasteiger partial charge < -0.3 is 4.74 Å². The standard InChI is InChI=1S/C4H8O4S/c1-7-3-4-9(5,6)8-2/h3-4H,1-2H3/b4-3+. The summed E-state index contributed by atoms with van der Waals surface area (Å²) >= 11 is 0. The summed E-state index contributed by atoms with van der Waals surface area (Å²) in [7, 11) is -1.06. The molecule has 4 nitrogen and oxygen atoms in total. The van der Waals surface area contributed by atoms with Crippen molar-refractivity contribution in [2.45, 2.75) is 0 Å². The van der Waals surface area contributed by atoms with Gasteiger partial charge in [0.1, 0.15) is 0 Å².